The molecule has 1 N–H and O–H groups in total. The third-order valence-electron chi connectivity index (χ3n) is 3.28. The second-order valence-corrected chi connectivity index (χ2v) is 7.98. The highest BCUT2D eigenvalue weighted by Gasteiger charge is 2.22. The third kappa shape index (κ3) is 4.85. The molecule has 2 aromatic rings. The highest BCUT2D eigenvalue weighted by Crippen LogP contribution is 2.26. The molecule has 1 aromatic heterocycles. The number of anilines is 1. The minimum absolute atomic E-state index is 0.0301. The first kappa shape index (κ1) is 21.3. The number of benzene rings is 1. The predicted molar refractivity (Wildman–Crippen MR) is 96.6 cm³/mol. The van der Waals surface area contributed by atoms with Gasteiger partial charge in [0.25, 0.3) is 5.91 Å². The summed E-state index contributed by atoms with van der Waals surface area (Å²) in [5.74, 6) is -2.93. The van der Waals surface area contributed by atoms with Crippen molar-refractivity contribution in [3.63, 3.8) is 0 Å². The lowest BCUT2D eigenvalue weighted by Gasteiger charge is -2.14. The van der Waals surface area contributed by atoms with Crippen molar-refractivity contribution in [2.24, 2.45) is 0 Å². The van der Waals surface area contributed by atoms with E-state index < -0.39 is 45.1 Å². The van der Waals surface area contributed by atoms with Gasteiger partial charge in [-0.1, -0.05) is 11.6 Å². The van der Waals surface area contributed by atoms with Gasteiger partial charge < -0.3 is 14.5 Å². The Balaban J connectivity index is 2.03. The van der Waals surface area contributed by atoms with Gasteiger partial charge in [0.15, 0.2) is 6.61 Å². The summed E-state index contributed by atoms with van der Waals surface area (Å²) in [6.45, 7) is -0.730. The molecule has 0 saturated carbocycles. The van der Waals surface area contributed by atoms with Crippen molar-refractivity contribution in [3.8, 4) is 0 Å². The molecule has 0 aliphatic heterocycles. The van der Waals surface area contributed by atoms with Gasteiger partial charge in [-0.05, 0) is 24.3 Å². The van der Waals surface area contributed by atoms with E-state index >= 15 is 0 Å². The number of ether oxygens (including phenoxy) is 1. The minimum Gasteiger partial charge on any atom is -0.450 e. The van der Waals surface area contributed by atoms with E-state index in [4.69, 9.17) is 16.3 Å². The van der Waals surface area contributed by atoms with Crippen LogP contribution in [0, 0.1) is 10.1 Å². The summed E-state index contributed by atoms with van der Waals surface area (Å²) in [7, 11) is -1.18. The average Bonchev–Trinajstić information content (AvgIpc) is 3.11. The number of hydrogen-bond acceptors (Lipinski definition) is 8. The van der Waals surface area contributed by atoms with Crippen molar-refractivity contribution in [1.29, 1.82) is 0 Å². The molecule has 1 amide bonds. The first-order valence-electron chi connectivity index (χ1n) is 7.45. The second kappa shape index (κ2) is 8.37. The van der Waals surface area contributed by atoms with E-state index in [1.165, 1.54) is 26.2 Å². The highest BCUT2D eigenvalue weighted by atomic mass is 35.5. The maximum Gasteiger partial charge on any atom is 0.433 e. The molecule has 28 heavy (non-hydrogen) atoms. The molecule has 2 rings (SSSR count). The van der Waals surface area contributed by atoms with Crippen LogP contribution in [0.4, 0.5) is 11.6 Å². The number of amides is 1. The Kier molecular flexibility index (Phi) is 6.38. The standard InChI is InChI=1S/C15H14ClN3O8S/c1-18(2)28(24,25)12-7-9(3-4-10(12)16)17-13(20)8-26-15(21)11-5-6-14(27-11)19(22)23/h3-7H,8H2,1-2H3,(H,17,20). The molecule has 0 aliphatic rings. The molecule has 0 saturated heterocycles. The summed E-state index contributed by atoms with van der Waals surface area (Å²) in [4.78, 5) is 33.1. The Bertz CT molecular complexity index is 1030. The van der Waals surface area contributed by atoms with Crippen molar-refractivity contribution in [2.75, 3.05) is 26.0 Å². The van der Waals surface area contributed by atoms with Crippen LogP contribution in [0.25, 0.3) is 0 Å². The lowest BCUT2D eigenvalue weighted by molar-refractivity contribution is -0.402. The zero-order valence-corrected chi connectivity index (χ0v) is 16.1. The van der Waals surface area contributed by atoms with Crippen molar-refractivity contribution in [1.82, 2.24) is 4.31 Å². The van der Waals surface area contributed by atoms with E-state index in [0.717, 1.165) is 22.5 Å². The van der Waals surface area contributed by atoms with Crippen LogP contribution in [0.3, 0.4) is 0 Å². The topological polar surface area (TPSA) is 149 Å². The number of furan rings is 1. The highest BCUT2D eigenvalue weighted by molar-refractivity contribution is 7.89. The van der Waals surface area contributed by atoms with Gasteiger partial charge in [-0.3, -0.25) is 14.9 Å². The van der Waals surface area contributed by atoms with Crippen LogP contribution >= 0.6 is 11.6 Å². The summed E-state index contributed by atoms with van der Waals surface area (Å²) in [5.41, 5.74) is 0.111. The maximum absolute atomic E-state index is 12.2. The molecule has 0 radical (unpaired) electrons. The van der Waals surface area contributed by atoms with Crippen molar-refractivity contribution in [3.05, 3.63) is 51.2 Å². The molecular weight excluding hydrogens is 418 g/mol. The van der Waals surface area contributed by atoms with Crippen LogP contribution in [0.5, 0.6) is 0 Å². The van der Waals surface area contributed by atoms with Crippen LogP contribution in [-0.4, -0.2) is 50.2 Å². The molecule has 1 aromatic carbocycles. The largest absolute Gasteiger partial charge is 0.450 e. The fourth-order valence-electron chi connectivity index (χ4n) is 1.91. The average molecular weight is 432 g/mol. The van der Waals surface area contributed by atoms with E-state index in [-0.39, 0.29) is 15.6 Å². The van der Waals surface area contributed by atoms with E-state index in [2.05, 4.69) is 9.73 Å². The number of nitrogens with one attached hydrogen (secondary N) is 1. The Labute approximate surface area is 164 Å². The van der Waals surface area contributed by atoms with Crippen molar-refractivity contribution < 1.29 is 32.1 Å². The van der Waals surface area contributed by atoms with E-state index in [0.29, 0.717) is 0 Å². The molecule has 0 unspecified atom stereocenters. The summed E-state index contributed by atoms with van der Waals surface area (Å²) in [6, 6.07) is 5.83. The quantitative estimate of drug-likeness (QED) is 0.396. The molecule has 1 heterocycles. The van der Waals surface area contributed by atoms with Gasteiger partial charge >= 0.3 is 11.9 Å². The lowest BCUT2D eigenvalue weighted by Crippen LogP contribution is -2.23. The zero-order chi connectivity index (χ0) is 21.1. The van der Waals surface area contributed by atoms with Gasteiger partial charge in [0.1, 0.15) is 9.82 Å². The van der Waals surface area contributed by atoms with Gasteiger partial charge in [-0.25, -0.2) is 17.5 Å². The minimum atomic E-state index is -3.84. The number of halogens is 1. The van der Waals surface area contributed by atoms with Crippen LogP contribution < -0.4 is 5.32 Å². The summed E-state index contributed by atoms with van der Waals surface area (Å²) in [5, 5.41) is 12.8. The maximum atomic E-state index is 12.2. The smallest absolute Gasteiger partial charge is 0.433 e. The van der Waals surface area contributed by atoms with Gasteiger partial charge in [-0.15, -0.1) is 0 Å². The molecule has 0 spiro atoms. The summed E-state index contributed by atoms with van der Waals surface area (Å²) < 4.78 is 34.7. The monoisotopic (exact) mass is 431 g/mol. The molecule has 0 fully saturated rings. The predicted octanol–water partition coefficient (Wildman–Crippen LogP) is 1.89. The normalized spacial score (nSPS) is 11.3. The third-order valence-corrected chi connectivity index (χ3v) is 5.58. The molecule has 0 bridgehead atoms. The van der Waals surface area contributed by atoms with Crippen molar-refractivity contribution in [2.45, 2.75) is 4.90 Å². The number of sulfonamides is 1. The Morgan fingerprint density at radius 2 is 1.96 bits per heavy atom. The molecule has 150 valence electrons. The Hall–Kier alpha value is -2.96. The van der Waals surface area contributed by atoms with Crippen LogP contribution in [0.2, 0.25) is 5.02 Å². The van der Waals surface area contributed by atoms with Gasteiger partial charge in [0.2, 0.25) is 15.8 Å². The zero-order valence-electron chi connectivity index (χ0n) is 14.5. The fourth-order valence-corrected chi connectivity index (χ4v) is 3.30. The van der Waals surface area contributed by atoms with Crippen LogP contribution in [0.15, 0.2) is 39.6 Å². The van der Waals surface area contributed by atoms with E-state index in [1.807, 2.05) is 0 Å². The number of nitro groups is 1. The number of rotatable bonds is 7. The number of hydrogen-bond donors (Lipinski definition) is 1. The summed E-state index contributed by atoms with van der Waals surface area (Å²) >= 11 is 5.91. The fraction of sp³-hybridized carbons (Fsp3) is 0.200. The number of carbonyl (C=O) groups is 2. The van der Waals surface area contributed by atoms with E-state index in [1.54, 1.807) is 0 Å². The molecule has 11 nitrogen and oxygen atoms in total. The lowest BCUT2D eigenvalue weighted by atomic mass is 10.3. The van der Waals surface area contributed by atoms with E-state index in [9.17, 15) is 28.1 Å². The number of carbonyl (C=O) groups excluding carboxylic acids is 2. The number of esters is 1. The van der Waals surface area contributed by atoms with Gasteiger partial charge in [0, 0.05) is 19.8 Å². The first-order valence-corrected chi connectivity index (χ1v) is 9.27. The SMILES string of the molecule is CN(C)S(=O)(=O)c1cc(NC(=O)COC(=O)c2ccc([N+](=O)[O-])o2)ccc1Cl. The number of nitrogens with zero attached hydrogens (tertiary/aromatic N) is 2. The first-order chi connectivity index (χ1) is 13.0. The van der Waals surface area contributed by atoms with Crippen molar-refractivity contribution >= 4 is 45.1 Å². The Morgan fingerprint density at radius 1 is 1.29 bits per heavy atom. The van der Waals surface area contributed by atoms with Gasteiger partial charge in [-0.2, -0.15) is 0 Å². The second-order valence-electron chi connectivity index (χ2n) is 5.45. The van der Waals surface area contributed by atoms with Crippen LogP contribution in [-0.2, 0) is 19.6 Å². The van der Waals surface area contributed by atoms with Gasteiger partial charge in [0.05, 0.1) is 11.1 Å². The molecule has 0 atom stereocenters. The Morgan fingerprint density at radius 3 is 2.54 bits per heavy atom. The molecule has 0 aliphatic carbocycles. The molecule has 13 heteroatoms. The molecular formula is C15H14ClN3O8S. The summed E-state index contributed by atoms with van der Waals surface area (Å²) in [6.07, 6.45) is 0. The van der Waals surface area contributed by atoms with Crippen LogP contribution in [0.1, 0.15) is 10.6 Å².